The van der Waals surface area contributed by atoms with E-state index in [1.807, 2.05) is 26.0 Å². The van der Waals surface area contributed by atoms with Crippen molar-refractivity contribution in [1.29, 1.82) is 0 Å². The summed E-state index contributed by atoms with van der Waals surface area (Å²) in [5.74, 6) is -0.354. The molecule has 0 bridgehead atoms. The highest BCUT2D eigenvalue weighted by molar-refractivity contribution is 5.79. The number of morpholine rings is 1. The Balaban J connectivity index is 2.32. The molecule has 1 fully saturated rings. The second kappa shape index (κ2) is 8.80. The molecule has 0 spiro atoms. The molecular weight excluding hydrogens is 308 g/mol. The minimum absolute atomic E-state index is 0.0139. The highest BCUT2D eigenvalue weighted by Crippen LogP contribution is 2.23. The molecular formula is C18H26N2O4. The molecule has 0 saturated carbocycles. The average molecular weight is 334 g/mol. The van der Waals surface area contributed by atoms with Crippen LogP contribution in [0.1, 0.15) is 18.1 Å². The molecule has 132 valence electrons. The highest BCUT2D eigenvalue weighted by Gasteiger charge is 2.31. The van der Waals surface area contributed by atoms with E-state index in [9.17, 15) is 9.59 Å². The zero-order valence-electron chi connectivity index (χ0n) is 14.6. The maximum Gasteiger partial charge on any atom is 0.325 e. The van der Waals surface area contributed by atoms with Gasteiger partial charge in [0.25, 0.3) is 0 Å². The van der Waals surface area contributed by atoms with Gasteiger partial charge in [-0.05, 0) is 44.0 Å². The summed E-state index contributed by atoms with van der Waals surface area (Å²) in [5, 5.41) is 3.23. The zero-order valence-corrected chi connectivity index (χ0v) is 14.6. The van der Waals surface area contributed by atoms with Crippen molar-refractivity contribution in [2.75, 3.05) is 37.7 Å². The predicted octanol–water partition coefficient (Wildman–Crippen LogP) is 1.23. The lowest BCUT2D eigenvalue weighted by Gasteiger charge is -2.36. The fraction of sp³-hybridized carbons (Fsp3) is 0.556. The number of carbonyl (C=O) groups is 2. The summed E-state index contributed by atoms with van der Waals surface area (Å²) < 4.78 is 10.8. The first-order valence-electron chi connectivity index (χ1n) is 8.33. The predicted molar refractivity (Wildman–Crippen MR) is 92.4 cm³/mol. The molecule has 0 amide bonds. The Kier molecular flexibility index (Phi) is 6.75. The molecule has 0 aromatic heterocycles. The molecule has 24 heavy (non-hydrogen) atoms. The summed E-state index contributed by atoms with van der Waals surface area (Å²) in [7, 11) is 0. The van der Waals surface area contributed by atoms with Crippen molar-refractivity contribution in [3.05, 3.63) is 29.3 Å². The van der Waals surface area contributed by atoms with Crippen molar-refractivity contribution < 1.29 is 19.1 Å². The maximum absolute atomic E-state index is 12.1. The molecule has 6 heteroatoms. The summed E-state index contributed by atoms with van der Waals surface area (Å²) >= 11 is 0. The van der Waals surface area contributed by atoms with Gasteiger partial charge in [0.15, 0.2) is 0 Å². The Labute approximate surface area is 143 Å². The largest absolute Gasteiger partial charge is 0.465 e. The monoisotopic (exact) mass is 334 g/mol. The fourth-order valence-corrected chi connectivity index (χ4v) is 3.00. The van der Waals surface area contributed by atoms with Crippen LogP contribution < -0.4 is 10.2 Å². The molecule has 2 atom stereocenters. The van der Waals surface area contributed by atoms with Crippen LogP contribution in [0.5, 0.6) is 0 Å². The van der Waals surface area contributed by atoms with E-state index >= 15 is 0 Å². The smallest absolute Gasteiger partial charge is 0.325 e. The highest BCUT2D eigenvalue weighted by atomic mass is 16.5. The van der Waals surface area contributed by atoms with E-state index in [1.165, 1.54) is 0 Å². The van der Waals surface area contributed by atoms with Gasteiger partial charge < -0.3 is 24.5 Å². The van der Waals surface area contributed by atoms with Crippen LogP contribution in [0.4, 0.5) is 5.69 Å². The van der Waals surface area contributed by atoms with Crippen LogP contribution in [-0.4, -0.2) is 57.2 Å². The molecule has 2 unspecified atom stereocenters. The van der Waals surface area contributed by atoms with Crippen LogP contribution in [0.25, 0.3) is 0 Å². The number of aldehydes is 1. The number of anilines is 1. The van der Waals surface area contributed by atoms with Crippen LogP contribution in [0.3, 0.4) is 0 Å². The van der Waals surface area contributed by atoms with Crippen LogP contribution in [0.2, 0.25) is 0 Å². The minimum Gasteiger partial charge on any atom is -0.465 e. The second-order valence-corrected chi connectivity index (χ2v) is 6.02. The van der Waals surface area contributed by atoms with E-state index in [0.29, 0.717) is 19.8 Å². The number of rotatable bonds is 7. The summed E-state index contributed by atoms with van der Waals surface area (Å²) in [6.07, 6.45) is 0.556. The van der Waals surface area contributed by atoms with E-state index in [-0.39, 0.29) is 18.6 Å². The fourth-order valence-electron chi connectivity index (χ4n) is 3.00. The van der Waals surface area contributed by atoms with Gasteiger partial charge in [0.05, 0.1) is 19.3 Å². The molecule has 1 aromatic rings. The number of nitrogens with one attached hydrogen (secondary N) is 1. The Morgan fingerprint density at radius 3 is 2.67 bits per heavy atom. The van der Waals surface area contributed by atoms with E-state index in [0.717, 1.165) is 29.6 Å². The van der Waals surface area contributed by atoms with Crippen molar-refractivity contribution in [2.45, 2.75) is 32.9 Å². The lowest BCUT2D eigenvalue weighted by atomic mass is 10.1. The first kappa shape index (κ1) is 18.4. The lowest BCUT2D eigenvalue weighted by molar-refractivity contribution is -0.141. The molecule has 0 radical (unpaired) electrons. The molecule has 6 nitrogen and oxygen atoms in total. The van der Waals surface area contributed by atoms with Crippen molar-refractivity contribution in [2.24, 2.45) is 0 Å². The normalized spacial score (nSPS) is 18.7. The SMILES string of the molecule is CCOC(=O)CN(c1cc(C)cc(C)c1)C(C=O)C1CNCCO1. The van der Waals surface area contributed by atoms with Gasteiger partial charge in [-0.2, -0.15) is 0 Å². The van der Waals surface area contributed by atoms with Gasteiger partial charge in [-0.25, -0.2) is 0 Å². The first-order valence-corrected chi connectivity index (χ1v) is 8.33. The third kappa shape index (κ3) is 4.79. The average Bonchev–Trinajstić information content (AvgIpc) is 2.55. The van der Waals surface area contributed by atoms with Gasteiger partial charge in [-0.3, -0.25) is 4.79 Å². The van der Waals surface area contributed by atoms with E-state index in [1.54, 1.807) is 11.8 Å². The molecule has 1 aromatic carbocycles. The molecule has 1 N–H and O–H groups in total. The first-order chi connectivity index (χ1) is 11.5. The molecule has 1 aliphatic rings. The van der Waals surface area contributed by atoms with E-state index < -0.39 is 6.04 Å². The number of esters is 1. The van der Waals surface area contributed by atoms with E-state index in [2.05, 4.69) is 11.4 Å². The summed E-state index contributed by atoms with van der Waals surface area (Å²) in [4.78, 5) is 25.7. The molecule has 1 aliphatic heterocycles. The van der Waals surface area contributed by atoms with Gasteiger partial charge in [0.2, 0.25) is 0 Å². The number of hydrogen-bond donors (Lipinski definition) is 1. The van der Waals surface area contributed by atoms with Crippen molar-refractivity contribution in [3.8, 4) is 0 Å². The van der Waals surface area contributed by atoms with Gasteiger partial charge in [-0.1, -0.05) is 6.07 Å². The maximum atomic E-state index is 12.1. The number of benzene rings is 1. The third-order valence-electron chi connectivity index (χ3n) is 3.98. The number of carbonyl (C=O) groups excluding carboxylic acids is 2. The third-order valence-corrected chi connectivity index (χ3v) is 3.98. The topological polar surface area (TPSA) is 67.9 Å². The molecule has 0 aliphatic carbocycles. The van der Waals surface area contributed by atoms with Crippen molar-refractivity contribution >= 4 is 17.9 Å². The minimum atomic E-state index is -0.552. The van der Waals surface area contributed by atoms with Crippen LogP contribution in [0.15, 0.2) is 18.2 Å². The lowest BCUT2D eigenvalue weighted by Crippen LogP contribution is -2.54. The second-order valence-electron chi connectivity index (χ2n) is 6.02. The van der Waals surface area contributed by atoms with Crippen LogP contribution >= 0.6 is 0 Å². The van der Waals surface area contributed by atoms with Gasteiger partial charge >= 0.3 is 5.97 Å². The Morgan fingerprint density at radius 1 is 1.42 bits per heavy atom. The quantitative estimate of drug-likeness (QED) is 0.597. The van der Waals surface area contributed by atoms with Crippen LogP contribution in [-0.2, 0) is 19.1 Å². The Morgan fingerprint density at radius 2 is 2.12 bits per heavy atom. The summed E-state index contributed by atoms with van der Waals surface area (Å²) in [6, 6.07) is 5.45. The van der Waals surface area contributed by atoms with Crippen molar-refractivity contribution in [1.82, 2.24) is 5.32 Å². The molecule has 1 saturated heterocycles. The van der Waals surface area contributed by atoms with Crippen molar-refractivity contribution in [3.63, 3.8) is 0 Å². The zero-order chi connectivity index (χ0) is 17.5. The number of nitrogens with zero attached hydrogens (tertiary/aromatic N) is 1. The molecule has 2 rings (SSSR count). The van der Waals surface area contributed by atoms with Crippen LogP contribution in [0, 0.1) is 13.8 Å². The van der Waals surface area contributed by atoms with Gasteiger partial charge in [0, 0.05) is 18.8 Å². The number of ether oxygens (including phenoxy) is 2. The van der Waals surface area contributed by atoms with Gasteiger partial charge in [-0.15, -0.1) is 0 Å². The van der Waals surface area contributed by atoms with Gasteiger partial charge in [0.1, 0.15) is 18.9 Å². The number of aryl methyl sites for hydroxylation is 2. The molecule has 1 heterocycles. The Hall–Kier alpha value is -1.92. The number of hydrogen-bond acceptors (Lipinski definition) is 6. The van der Waals surface area contributed by atoms with E-state index in [4.69, 9.17) is 9.47 Å². The standard InChI is InChI=1S/C18H26N2O4/c1-4-23-18(22)11-20(15-8-13(2)7-14(3)9-15)16(12-21)17-10-19-5-6-24-17/h7-9,12,16-17,19H,4-6,10-11H2,1-3H3. The summed E-state index contributed by atoms with van der Waals surface area (Å²) in [6.45, 7) is 7.98. The summed E-state index contributed by atoms with van der Waals surface area (Å²) in [5.41, 5.74) is 2.98. The Bertz CT molecular complexity index is 550.